The first-order valence-electron chi connectivity index (χ1n) is 12.5. The molecular formula is C25H35N5O5S3. The molecule has 3 amide bonds. The number of thiazole rings is 1. The average molecular weight is 582 g/mol. The zero-order chi connectivity index (χ0) is 27.9. The number of carbonyl (C=O) groups excluding carboxylic acids is 4. The summed E-state index contributed by atoms with van der Waals surface area (Å²) < 4.78 is 5.75. The topological polar surface area (TPSA) is 139 Å². The van der Waals surface area contributed by atoms with Gasteiger partial charge in [0.1, 0.15) is 33.4 Å². The van der Waals surface area contributed by atoms with Crippen LogP contribution >= 0.6 is 35.7 Å². The third-order valence-electron chi connectivity index (χ3n) is 5.88. The van der Waals surface area contributed by atoms with Crippen LogP contribution in [-0.4, -0.2) is 69.0 Å². The van der Waals surface area contributed by atoms with E-state index in [1.54, 1.807) is 19.1 Å². The molecule has 0 aliphatic carbocycles. The van der Waals surface area contributed by atoms with Gasteiger partial charge in [-0.3, -0.25) is 19.4 Å². The number of thioether (sulfide) groups is 1. The number of aliphatic imine (C=N–C) groups is 1. The van der Waals surface area contributed by atoms with Crippen molar-refractivity contribution in [3.8, 4) is 0 Å². The maximum atomic E-state index is 13.3. The smallest absolute Gasteiger partial charge is 0.329 e. The number of carbonyl (C=O) groups is 4. The van der Waals surface area contributed by atoms with Crippen LogP contribution in [0.4, 0.5) is 0 Å². The maximum Gasteiger partial charge on any atom is 0.329 e. The number of amides is 3. The molecule has 3 rings (SSSR count). The number of hydrogen-bond acceptors (Lipinski definition) is 10. The summed E-state index contributed by atoms with van der Waals surface area (Å²) in [7, 11) is 0. The zero-order valence-electron chi connectivity index (χ0n) is 22.0. The molecule has 0 spiro atoms. The summed E-state index contributed by atoms with van der Waals surface area (Å²) in [5.74, 6) is -0.852. The van der Waals surface area contributed by atoms with E-state index in [2.05, 4.69) is 38.6 Å². The molecule has 3 N–H and O–H groups in total. The number of thiol groups is 1. The largest absolute Gasteiger partial charge is 0.456 e. The summed E-state index contributed by atoms with van der Waals surface area (Å²) in [5, 5.41) is 11.7. The Kier molecular flexibility index (Phi) is 10.8. The van der Waals surface area contributed by atoms with Crippen LogP contribution in [0.1, 0.15) is 57.7 Å². The van der Waals surface area contributed by atoms with Crippen LogP contribution < -0.4 is 16.0 Å². The Morgan fingerprint density at radius 3 is 2.82 bits per heavy atom. The van der Waals surface area contributed by atoms with Crippen LogP contribution in [0.15, 0.2) is 22.5 Å². The number of fused-ring (bicyclic) bond motifs is 4. The van der Waals surface area contributed by atoms with E-state index in [9.17, 15) is 19.2 Å². The fourth-order valence-corrected chi connectivity index (χ4v) is 5.87. The van der Waals surface area contributed by atoms with Gasteiger partial charge in [-0.05, 0) is 38.7 Å². The minimum atomic E-state index is -1.04. The Hall–Kier alpha value is -2.38. The van der Waals surface area contributed by atoms with Gasteiger partial charge in [-0.25, -0.2) is 9.78 Å². The predicted molar refractivity (Wildman–Crippen MR) is 152 cm³/mol. The van der Waals surface area contributed by atoms with Crippen molar-refractivity contribution in [1.82, 2.24) is 20.9 Å². The van der Waals surface area contributed by atoms with Crippen molar-refractivity contribution in [2.24, 2.45) is 10.9 Å². The van der Waals surface area contributed by atoms with E-state index < -0.39 is 23.7 Å². The van der Waals surface area contributed by atoms with Crippen LogP contribution in [0.2, 0.25) is 0 Å². The summed E-state index contributed by atoms with van der Waals surface area (Å²) >= 11 is 6.80. The molecule has 0 radical (unpaired) electrons. The lowest BCUT2D eigenvalue weighted by molar-refractivity contribution is -0.152. The first-order valence-corrected chi connectivity index (χ1v) is 15.0. The Morgan fingerprint density at radius 2 is 2.11 bits per heavy atom. The Morgan fingerprint density at radius 1 is 1.34 bits per heavy atom. The van der Waals surface area contributed by atoms with Crippen molar-refractivity contribution in [2.75, 3.05) is 11.5 Å². The van der Waals surface area contributed by atoms with E-state index in [1.807, 2.05) is 26.2 Å². The maximum absolute atomic E-state index is 13.3. The van der Waals surface area contributed by atoms with Crippen LogP contribution in [0.25, 0.3) is 0 Å². The minimum absolute atomic E-state index is 0.0857. The van der Waals surface area contributed by atoms with E-state index >= 15 is 0 Å². The van der Waals surface area contributed by atoms with Gasteiger partial charge in [-0.2, -0.15) is 12.6 Å². The van der Waals surface area contributed by atoms with E-state index in [0.717, 1.165) is 0 Å². The standard InChI is InChI=1S/C25H35N5O5S3/c1-14(2)8-17-23(33)35-16(7-5-6-15(3)27-20(32)11-36)9-19(31)26-10-21-28-18(12-37-21)22-30-25(4,13-38-22)24(34)29-17/h5,7,12,14-17,36H,6,8-11,13H2,1-4H3,(H,26,31)(H,27,32)(H,29,34). The number of nitrogens with zero attached hydrogens (tertiary/aromatic N) is 2. The Balaban J connectivity index is 1.84. The molecule has 4 bridgehead atoms. The molecule has 208 valence electrons. The fraction of sp³-hybridized carbons (Fsp3) is 0.600. The van der Waals surface area contributed by atoms with Gasteiger partial charge in [0.2, 0.25) is 17.7 Å². The summed E-state index contributed by atoms with van der Waals surface area (Å²) in [6, 6.07) is -1.06. The summed E-state index contributed by atoms with van der Waals surface area (Å²) in [6.07, 6.45) is 3.30. The van der Waals surface area contributed by atoms with Crippen molar-refractivity contribution in [3.05, 3.63) is 28.2 Å². The quantitative estimate of drug-likeness (QED) is 0.220. The minimum Gasteiger partial charge on any atom is -0.456 e. The van der Waals surface area contributed by atoms with Crippen molar-refractivity contribution < 1.29 is 23.9 Å². The fourth-order valence-electron chi connectivity index (χ4n) is 3.86. The molecule has 0 saturated heterocycles. The molecule has 1 aromatic heterocycles. The van der Waals surface area contributed by atoms with E-state index in [0.29, 0.717) is 34.3 Å². The number of nitrogens with one attached hydrogen (secondary N) is 3. The lowest BCUT2D eigenvalue weighted by Gasteiger charge is -2.26. The van der Waals surface area contributed by atoms with Crippen molar-refractivity contribution in [3.63, 3.8) is 0 Å². The molecule has 13 heteroatoms. The van der Waals surface area contributed by atoms with Gasteiger partial charge in [0.05, 0.1) is 18.7 Å². The Labute approximate surface area is 236 Å². The van der Waals surface area contributed by atoms with Crippen molar-refractivity contribution in [1.29, 1.82) is 0 Å². The van der Waals surface area contributed by atoms with E-state index in [1.165, 1.54) is 23.1 Å². The number of rotatable bonds is 7. The van der Waals surface area contributed by atoms with Gasteiger partial charge in [0, 0.05) is 17.2 Å². The highest BCUT2D eigenvalue weighted by Crippen LogP contribution is 2.32. The second kappa shape index (κ2) is 13.6. The molecule has 0 saturated carbocycles. The lowest BCUT2D eigenvalue weighted by Crippen LogP contribution is -2.51. The second-order valence-electron chi connectivity index (χ2n) is 10.0. The molecule has 2 aliphatic heterocycles. The second-order valence-corrected chi connectivity index (χ2v) is 12.2. The Bertz CT molecular complexity index is 1100. The monoisotopic (exact) mass is 581 g/mol. The third-order valence-corrected chi connectivity index (χ3v) is 8.29. The highest BCUT2D eigenvalue weighted by Gasteiger charge is 2.41. The summed E-state index contributed by atoms with van der Waals surface area (Å²) in [6.45, 7) is 7.72. The normalized spacial score (nSPS) is 25.5. The van der Waals surface area contributed by atoms with Crippen LogP contribution in [0.5, 0.6) is 0 Å². The number of esters is 1. The number of hydrogen-bond donors (Lipinski definition) is 4. The predicted octanol–water partition coefficient (Wildman–Crippen LogP) is 2.24. The highest BCUT2D eigenvalue weighted by atomic mass is 32.2. The number of aromatic nitrogens is 1. The van der Waals surface area contributed by atoms with Gasteiger partial charge < -0.3 is 20.7 Å². The van der Waals surface area contributed by atoms with Crippen LogP contribution in [-0.2, 0) is 30.5 Å². The zero-order valence-corrected chi connectivity index (χ0v) is 24.5. The van der Waals surface area contributed by atoms with Crippen LogP contribution in [0, 0.1) is 5.92 Å². The molecule has 0 aromatic carbocycles. The molecule has 10 nitrogen and oxygen atoms in total. The molecule has 0 fully saturated rings. The van der Waals surface area contributed by atoms with E-state index in [-0.39, 0.29) is 48.4 Å². The van der Waals surface area contributed by atoms with Gasteiger partial charge in [0.15, 0.2) is 0 Å². The summed E-state index contributed by atoms with van der Waals surface area (Å²) in [5.41, 5.74) is -0.372. The van der Waals surface area contributed by atoms with Crippen molar-refractivity contribution in [2.45, 2.75) is 77.2 Å². The third kappa shape index (κ3) is 8.57. The summed E-state index contributed by atoms with van der Waals surface area (Å²) in [4.78, 5) is 60.1. The lowest BCUT2D eigenvalue weighted by atomic mass is 10.0. The van der Waals surface area contributed by atoms with Crippen LogP contribution in [0.3, 0.4) is 0 Å². The number of cyclic esters (lactones) is 1. The molecule has 4 atom stereocenters. The first-order chi connectivity index (χ1) is 18.0. The van der Waals surface area contributed by atoms with Gasteiger partial charge in [0.25, 0.3) is 0 Å². The first kappa shape index (κ1) is 30.2. The molecule has 4 unspecified atom stereocenters. The molecule has 1 aromatic rings. The number of ether oxygens (including phenoxy) is 1. The molecule has 38 heavy (non-hydrogen) atoms. The van der Waals surface area contributed by atoms with Gasteiger partial charge in [-0.15, -0.1) is 23.1 Å². The van der Waals surface area contributed by atoms with Gasteiger partial charge in [-0.1, -0.05) is 19.9 Å². The SMILES string of the molecule is CC(C)CC1NC(=O)C2(C)CSC(=N2)c2csc(n2)CNC(=O)CC(C=CCC(C)NC(=O)CS)OC1=O. The highest BCUT2D eigenvalue weighted by molar-refractivity contribution is 8.14. The average Bonchev–Trinajstić information content (AvgIpc) is 3.48. The molecule has 3 heterocycles. The molecular weight excluding hydrogens is 547 g/mol. The molecule has 2 aliphatic rings. The van der Waals surface area contributed by atoms with Crippen molar-refractivity contribution >= 4 is 64.5 Å². The van der Waals surface area contributed by atoms with E-state index in [4.69, 9.17) is 4.74 Å². The van der Waals surface area contributed by atoms with Gasteiger partial charge >= 0.3 is 5.97 Å².